The molecule has 1 amide bonds. The minimum absolute atomic E-state index is 0.192. The third-order valence-electron chi connectivity index (χ3n) is 5.08. The molecule has 0 spiro atoms. The standard InChI is InChI=1S/C26H25N3O3/c1-31-18-20-9-6-8-19(14-20)16-27-26(30)24-17-29(22-11-4-3-5-12-22)28-25(24)21-10-7-13-23(15-21)32-2/h3-15,17H,16,18H2,1-2H3,(H,27,30). The van der Waals surface area contributed by atoms with Crippen molar-refractivity contribution in [2.75, 3.05) is 14.2 Å². The van der Waals surface area contributed by atoms with Gasteiger partial charge in [-0.25, -0.2) is 4.68 Å². The Morgan fingerprint density at radius 3 is 2.50 bits per heavy atom. The molecule has 0 saturated carbocycles. The smallest absolute Gasteiger partial charge is 0.255 e. The fraction of sp³-hybridized carbons (Fsp3) is 0.154. The Labute approximate surface area is 187 Å². The topological polar surface area (TPSA) is 65.4 Å². The first kappa shape index (κ1) is 21.3. The first-order valence-electron chi connectivity index (χ1n) is 10.3. The third kappa shape index (κ3) is 4.87. The molecule has 0 aliphatic heterocycles. The SMILES string of the molecule is COCc1cccc(CNC(=O)c2cn(-c3ccccc3)nc2-c2cccc(OC)c2)c1. The molecular formula is C26H25N3O3. The van der Waals surface area contributed by atoms with Gasteiger partial charge in [0.1, 0.15) is 11.4 Å². The van der Waals surface area contributed by atoms with E-state index in [1.165, 1.54) is 0 Å². The number of hydrogen-bond acceptors (Lipinski definition) is 4. The minimum Gasteiger partial charge on any atom is -0.497 e. The van der Waals surface area contributed by atoms with E-state index < -0.39 is 0 Å². The molecule has 0 bridgehead atoms. The summed E-state index contributed by atoms with van der Waals surface area (Å²) in [6, 6.07) is 25.2. The quantitative estimate of drug-likeness (QED) is 0.445. The van der Waals surface area contributed by atoms with Crippen molar-refractivity contribution < 1.29 is 14.3 Å². The maximum absolute atomic E-state index is 13.2. The lowest BCUT2D eigenvalue weighted by Gasteiger charge is -2.08. The van der Waals surface area contributed by atoms with Crippen LogP contribution in [0.5, 0.6) is 5.75 Å². The van der Waals surface area contributed by atoms with Crippen LogP contribution in [0, 0.1) is 0 Å². The molecule has 1 aromatic heterocycles. The summed E-state index contributed by atoms with van der Waals surface area (Å²) in [6.45, 7) is 0.941. The lowest BCUT2D eigenvalue weighted by atomic mass is 10.1. The number of rotatable bonds is 8. The van der Waals surface area contributed by atoms with Gasteiger partial charge in [-0.3, -0.25) is 4.79 Å². The first-order valence-corrected chi connectivity index (χ1v) is 10.3. The van der Waals surface area contributed by atoms with Crippen molar-refractivity contribution in [3.05, 3.63) is 102 Å². The molecule has 0 saturated heterocycles. The van der Waals surface area contributed by atoms with Crippen LogP contribution in [0.4, 0.5) is 0 Å². The van der Waals surface area contributed by atoms with Crippen LogP contribution in [0.2, 0.25) is 0 Å². The van der Waals surface area contributed by atoms with Gasteiger partial charge >= 0.3 is 0 Å². The van der Waals surface area contributed by atoms with Gasteiger partial charge in [0.2, 0.25) is 0 Å². The number of nitrogens with zero attached hydrogens (tertiary/aromatic N) is 2. The van der Waals surface area contributed by atoms with Crippen LogP contribution < -0.4 is 10.1 Å². The molecule has 0 atom stereocenters. The van der Waals surface area contributed by atoms with Gasteiger partial charge < -0.3 is 14.8 Å². The third-order valence-corrected chi connectivity index (χ3v) is 5.08. The maximum atomic E-state index is 13.2. The van der Waals surface area contributed by atoms with E-state index in [0.717, 1.165) is 22.4 Å². The first-order chi connectivity index (χ1) is 15.7. The summed E-state index contributed by atoms with van der Waals surface area (Å²) in [5.74, 6) is 0.514. The van der Waals surface area contributed by atoms with Crippen LogP contribution in [0.15, 0.2) is 85.1 Å². The molecule has 162 valence electrons. The summed E-state index contributed by atoms with van der Waals surface area (Å²) in [5.41, 5.74) is 4.85. The molecule has 1 heterocycles. The van der Waals surface area contributed by atoms with Crippen LogP contribution >= 0.6 is 0 Å². The van der Waals surface area contributed by atoms with Crippen molar-refractivity contribution >= 4 is 5.91 Å². The predicted octanol–water partition coefficient (Wildman–Crippen LogP) is 4.62. The number of benzene rings is 3. The maximum Gasteiger partial charge on any atom is 0.255 e. The number of aromatic nitrogens is 2. The molecule has 1 N–H and O–H groups in total. The van der Waals surface area contributed by atoms with Gasteiger partial charge in [0.25, 0.3) is 5.91 Å². The number of ether oxygens (including phenoxy) is 2. The van der Waals surface area contributed by atoms with Crippen molar-refractivity contribution in [1.29, 1.82) is 0 Å². The van der Waals surface area contributed by atoms with E-state index in [2.05, 4.69) is 5.32 Å². The van der Waals surface area contributed by atoms with Gasteiger partial charge in [-0.2, -0.15) is 5.10 Å². The Balaban J connectivity index is 1.64. The fourth-order valence-corrected chi connectivity index (χ4v) is 3.51. The zero-order chi connectivity index (χ0) is 22.3. The number of amides is 1. The molecule has 0 radical (unpaired) electrons. The van der Waals surface area contributed by atoms with E-state index in [4.69, 9.17) is 14.6 Å². The average Bonchev–Trinajstić information content (AvgIpc) is 3.29. The molecule has 4 rings (SSSR count). The highest BCUT2D eigenvalue weighted by Gasteiger charge is 2.19. The number of methoxy groups -OCH3 is 2. The van der Waals surface area contributed by atoms with E-state index in [9.17, 15) is 4.79 Å². The van der Waals surface area contributed by atoms with Crippen molar-refractivity contribution in [2.24, 2.45) is 0 Å². The molecule has 0 aliphatic rings. The molecule has 4 aromatic rings. The number of nitrogens with one attached hydrogen (secondary N) is 1. The number of hydrogen-bond donors (Lipinski definition) is 1. The second-order valence-electron chi connectivity index (χ2n) is 7.34. The molecule has 3 aromatic carbocycles. The predicted molar refractivity (Wildman–Crippen MR) is 124 cm³/mol. The van der Waals surface area contributed by atoms with Crippen molar-refractivity contribution in [2.45, 2.75) is 13.2 Å². The molecule has 32 heavy (non-hydrogen) atoms. The average molecular weight is 428 g/mol. The highest BCUT2D eigenvalue weighted by molar-refractivity contribution is 6.00. The Morgan fingerprint density at radius 1 is 0.938 bits per heavy atom. The number of carbonyl (C=O) groups excluding carboxylic acids is 1. The Morgan fingerprint density at radius 2 is 1.72 bits per heavy atom. The van der Waals surface area contributed by atoms with Crippen LogP contribution in [0.1, 0.15) is 21.5 Å². The Kier molecular flexibility index (Phi) is 6.63. The zero-order valence-electron chi connectivity index (χ0n) is 18.1. The monoisotopic (exact) mass is 427 g/mol. The van der Waals surface area contributed by atoms with Crippen molar-refractivity contribution in [3.63, 3.8) is 0 Å². The van der Waals surface area contributed by atoms with E-state index >= 15 is 0 Å². The van der Waals surface area contributed by atoms with Crippen molar-refractivity contribution in [1.82, 2.24) is 15.1 Å². The molecule has 0 unspecified atom stereocenters. The molecule has 0 fully saturated rings. The number of para-hydroxylation sites is 1. The zero-order valence-corrected chi connectivity index (χ0v) is 18.1. The summed E-state index contributed by atoms with van der Waals surface area (Å²) in [7, 11) is 3.28. The van der Waals surface area contributed by atoms with E-state index in [1.54, 1.807) is 25.1 Å². The normalized spacial score (nSPS) is 10.7. The van der Waals surface area contributed by atoms with E-state index in [1.807, 2.05) is 78.9 Å². The highest BCUT2D eigenvalue weighted by atomic mass is 16.5. The van der Waals surface area contributed by atoms with Crippen LogP contribution in [-0.2, 0) is 17.9 Å². The van der Waals surface area contributed by atoms with Gasteiger partial charge in [0, 0.05) is 25.4 Å². The van der Waals surface area contributed by atoms with Crippen LogP contribution in [0.3, 0.4) is 0 Å². The molecular weight excluding hydrogens is 402 g/mol. The molecule has 6 nitrogen and oxygen atoms in total. The lowest BCUT2D eigenvalue weighted by Crippen LogP contribution is -2.23. The number of carbonyl (C=O) groups is 1. The second-order valence-corrected chi connectivity index (χ2v) is 7.34. The van der Waals surface area contributed by atoms with Gasteiger partial charge in [0.05, 0.1) is 25.0 Å². The van der Waals surface area contributed by atoms with Crippen molar-refractivity contribution in [3.8, 4) is 22.7 Å². The van der Waals surface area contributed by atoms with Gasteiger partial charge in [0.15, 0.2) is 0 Å². The fourth-order valence-electron chi connectivity index (χ4n) is 3.51. The summed E-state index contributed by atoms with van der Waals surface area (Å²) in [5, 5.41) is 7.75. The molecule has 6 heteroatoms. The van der Waals surface area contributed by atoms with Crippen LogP contribution in [0.25, 0.3) is 16.9 Å². The van der Waals surface area contributed by atoms with Gasteiger partial charge in [-0.05, 0) is 35.4 Å². The second kappa shape index (κ2) is 9.94. The van der Waals surface area contributed by atoms with E-state index in [-0.39, 0.29) is 5.91 Å². The lowest BCUT2D eigenvalue weighted by molar-refractivity contribution is 0.0951. The highest BCUT2D eigenvalue weighted by Crippen LogP contribution is 2.27. The molecule has 0 aliphatic carbocycles. The van der Waals surface area contributed by atoms with Crippen LogP contribution in [-0.4, -0.2) is 29.9 Å². The largest absolute Gasteiger partial charge is 0.497 e. The Bertz CT molecular complexity index is 1200. The minimum atomic E-state index is -0.192. The summed E-state index contributed by atoms with van der Waals surface area (Å²) in [6.07, 6.45) is 1.76. The van der Waals surface area contributed by atoms with Gasteiger partial charge in [-0.1, -0.05) is 54.6 Å². The summed E-state index contributed by atoms with van der Waals surface area (Å²) < 4.78 is 12.3. The Hall–Kier alpha value is -3.90. The summed E-state index contributed by atoms with van der Waals surface area (Å²) in [4.78, 5) is 13.2. The van der Waals surface area contributed by atoms with E-state index in [0.29, 0.717) is 30.2 Å². The summed E-state index contributed by atoms with van der Waals surface area (Å²) >= 11 is 0. The van der Waals surface area contributed by atoms with Gasteiger partial charge in [-0.15, -0.1) is 0 Å².